The van der Waals surface area contributed by atoms with Gasteiger partial charge in [0.25, 0.3) is 0 Å². The zero-order chi connectivity index (χ0) is 16.8. The fraction of sp³-hybridized carbons (Fsp3) is 0.0588. The summed E-state index contributed by atoms with van der Waals surface area (Å²) >= 11 is 0. The Morgan fingerprint density at radius 2 is 1.39 bits per heavy atom. The molecule has 0 aliphatic rings. The summed E-state index contributed by atoms with van der Waals surface area (Å²) in [5.41, 5.74) is -0.234. The van der Waals surface area contributed by atoms with Crippen molar-refractivity contribution in [2.24, 2.45) is 0 Å². The Bertz CT molecular complexity index is 716. The Morgan fingerprint density at radius 1 is 0.913 bits per heavy atom. The van der Waals surface area contributed by atoms with Crippen LogP contribution in [0.3, 0.4) is 0 Å². The molecule has 0 aliphatic heterocycles. The minimum Gasteiger partial charge on any atom is -0.508 e. The quantitative estimate of drug-likeness (QED) is 0.483. The van der Waals surface area contributed by atoms with Crippen molar-refractivity contribution < 1.29 is 29.3 Å². The normalized spacial score (nSPS) is 9.91. The van der Waals surface area contributed by atoms with Crippen molar-refractivity contribution in [3.8, 4) is 23.0 Å². The van der Waals surface area contributed by atoms with Crippen LogP contribution < -0.4 is 9.47 Å². The Hall–Kier alpha value is -3.28. The van der Waals surface area contributed by atoms with E-state index in [0.29, 0.717) is 11.5 Å². The molecular formula is C17H14O6. The third-order valence-corrected chi connectivity index (χ3v) is 2.79. The molecule has 6 nitrogen and oxygen atoms in total. The van der Waals surface area contributed by atoms with E-state index >= 15 is 0 Å². The van der Waals surface area contributed by atoms with Gasteiger partial charge in [0.05, 0.1) is 6.42 Å². The molecule has 0 aromatic heterocycles. The summed E-state index contributed by atoms with van der Waals surface area (Å²) < 4.78 is 10.6. The highest BCUT2D eigenvalue weighted by Gasteiger charge is 2.12. The second-order valence-electron chi connectivity index (χ2n) is 4.63. The first-order valence-electron chi connectivity index (χ1n) is 6.63. The van der Waals surface area contributed by atoms with Crippen molar-refractivity contribution in [1.29, 1.82) is 0 Å². The molecular weight excluding hydrogens is 300 g/mol. The van der Waals surface area contributed by atoms with Crippen LogP contribution in [0.25, 0.3) is 0 Å². The van der Waals surface area contributed by atoms with E-state index in [1.54, 1.807) is 24.3 Å². The van der Waals surface area contributed by atoms with Crippen molar-refractivity contribution in [2.45, 2.75) is 6.42 Å². The van der Waals surface area contributed by atoms with E-state index in [-0.39, 0.29) is 23.5 Å². The van der Waals surface area contributed by atoms with Crippen LogP contribution in [0, 0.1) is 0 Å². The first-order chi connectivity index (χ1) is 10.9. The molecule has 0 saturated carbocycles. The lowest BCUT2D eigenvalue weighted by molar-refractivity contribution is -0.138. The summed E-state index contributed by atoms with van der Waals surface area (Å²) in [4.78, 5) is 22.1. The maximum atomic E-state index is 11.5. The van der Waals surface area contributed by atoms with Gasteiger partial charge in [0.1, 0.15) is 23.0 Å². The van der Waals surface area contributed by atoms with Crippen LogP contribution in [0.4, 0.5) is 0 Å². The molecule has 0 fully saturated rings. The molecule has 0 aliphatic carbocycles. The lowest BCUT2D eigenvalue weighted by Gasteiger charge is -2.07. The number of aliphatic carboxylic acids is 1. The zero-order valence-corrected chi connectivity index (χ0v) is 12.1. The Balaban J connectivity index is 1.94. The van der Waals surface area contributed by atoms with Crippen LogP contribution in [0.2, 0.25) is 0 Å². The molecule has 2 aromatic carbocycles. The summed E-state index contributed by atoms with van der Waals surface area (Å²) in [5.74, 6) is -0.464. The highest BCUT2D eigenvalue weighted by Crippen LogP contribution is 2.25. The van der Waals surface area contributed by atoms with E-state index in [1.165, 1.54) is 24.3 Å². The molecule has 0 atom stereocenters. The van der Waals surface area contributed by atoms with Gasteiger partial charge in [0.2, 0.25) is 0 Å². The van der Waals surface area contributed by atoms with Crippen molar-refractivity contribution >= 4 is 11.9 Å². The lowest BCUT2D eigenvalue weighted by Crippen LogP contribution is -2.12. The van der Waals surface area contributed by atoms with Gasteiger partial charge in [0, 0.05) is 5.57 Å². The van der Waals surface area contributed by atoms with Gasteiger partial charge in [-0.1, -0.05) is 6.58 Å². The van der Waals surface area contributed by atoms with Crippen LogP contribution in [0.15, 0.2) is 60.7 Å². The van der Waals surface area contributed by atoms with Crippen LogP contribution >= 0.6 is 0 Å². The average molecular weight is 314 g/mol. The molecule has 0 heterocycles. The number of esters is 1. The summed E-state index contributed by atoms with van der Waals surface area (Å²) in [6.07, 6.45) is -0.388. The molecule has 23 heavy (non-hydrogen) atoms. The molecule has 2 rings (SSSR count). The summed E-state index contributed by atoms with van der Waals surface area (Å²) in [5, 5.41) is 17.8. The number of carboxylic acid groups (broad SMARTS) is 1. The molecule has 2 N–H and O–H groups in total. The first-order valence-corrected chi connectivity index (χ1v) is 6.63. The molecule has 2 aromatic rings. The summed E-state index contributed by atoms with van der Waals surface area (Å²) in [7, 11) is 0. The van der Waals surface area contributed by atoms with E-state index in [2.05, 4.69) is 6.58 Å². The van der Waals surface area contributed by atoms with Gasteiger partial charge in [-0.05, 0) is 48.5 Å². The average Bonchev–Trinajstić information content (AvgIpc) is 2.51. The van der Waals surface area contributed by atoms with E-state index in [0.717, 1.165) is 0 Å². The molecule has 0 radical (unpaired) electrons. The third kappa shape index (κ3) is 4.89. The topological polar surface area (TPSA) is 93.1 Å². The van der Waals surface area contributed by atoms with Gasteiger partial charge in [0.15, 0.2) is 0 Å². The number of aromatic hydroxyl groups is 1. The van der Waals surface area contributed by atoms with E-state index < -0.39 is 11.9 Å². The lowest BCUT2D eigenvalue weighted by atomic mass is 10.2. The second kappa shape index (κ2) is 7.13. The number of carbonyl (C=O) groups is 2. The standard InChI is InChI=1S/C17H14O6/c1-11(17(20)21)10-16(19)23-15-8-6-14(7-9-15)22-13-4-2-12(18)3-5-13/h2-9,18H,1,10H2,(H,20,21). The van der Waals surface area contributed by atoms with Crippen LogP contribution in [-0.2, 0) is 9.59 Å². The minimum absolute atomic E-state index is 0.141. The predicted molar refractivity (Wildman–Crippen MR) is 81.7 cm³/mol. The van der Waals surface area contributed by atoms with Gasteiger partial charge in [-0.3, -0.25) is 4.79 Å². The van der Waals surface area contributed by atoms with Crippen LogP contribution in [0.1, 0.15) is 6.42 Å². The third-order valence-electron chi connectivity index (χ3n) is 2.79. The van der Waals surface area contributed by atoms with Gasteiger partial charge in [-0.15, -0.1) is 0 Å². The number of hydrogen-bond donors (Lipinski definition) is 2. The Morgan fingerprint density at radius 3 is 1.91 bits per heavy atom. The maximum Gasteiger partial charge on any atom is 0.331 e. The minimum atomic E-state index is -1.24. The van der Waals surface area contributed by atoms with Crippen molar-refractivity contribution in [3.63, 3.8) is 0 Å². The summed E-state index contributed by atoms with van der Waals surface area (Å²) in [6.45, 7) is 3.26. The summed E-state index contributed by atoms with van der Waals surface area (Å²) in [6, 6.07) is 12.5. The number of carboxylic acids is 1. The predicted octanol–water partition coefficient (Wildman–Crippen LogP) is 3.12. The number of carbonyl (C=O) groups excluding carboxylic acids is 1. The second-order valence-corrected chi connectivity index (χ2v) is 4.63. The molecule has 0 saturated heterocycles. The molecule has 118 valence electrons. The SMILES string of the molecule is C=C(CC(=O)Oc1ccc(Oc2ccc(O)cc2)cc1)C(=O)O. The van der Waals surface area contributed by atoms with Gasteiger partial charge < -0.3 is 19.7 Å². The fourth-order valence-corrected chi connectivity index (χ4v) is 1.64. The molecule has 0 amide bonds. The van der Waals surface area contributed by atoms with Gasteiger partial charge >= 0.3 is 11.9 Å². The Labute approximate surface area is 132 Å². The molecule has 0 spiro atoms. The van der Waals surface area contributed by atoms with Gasteiger partial charge in [-0.25, -0.2) is 4.79 Å². The number of rotatable bonds is 6. The largest absolute Gasteiger partial charge is 0.508 e. The monoisotopic (exact) mass is 314 g/mol. The van der Waals surface area contributed by atoms with Crippen molar-refractivity contribution in [3.05, 3.63) is 60.7 Å². The van der Waals surface area contributed by atoms with Crippen molar-refractivity contribution in [1.82, 2.24) is 0 Å². The molecule has 0 bridgehead atoms. The highest BCUT2D eigenvalue weighted by atomic mass is 16.5. The molecule has 0 unspecified atom stereocenters. The number of benzene rings is 2. The van der Waals surface area contributed by atoms with Crippen molar-refractivity contribution in [2.75, 3.05) is 0 Å². The van der Waals surface area contributed by atoms with Crippen LogP contribution in [0.5, 0.6) is 23.0 Å². The van der Waals surface area contributed by atoms with E-state index in [1.807, 2.05) is 0 Å². The Kier molecular flexibility index (Phi) is 4.99. The number of phenolic OH excluding ortho intramolecular Hbond substituents is 1. The first kappa shape index (κ1) is 16.1. The van der Waals surface area contributed by atoms with Crippen LogP contribution in [-0.4, -0.2) is 22.2 Å². The highest BCUT2D eigenvalue weighted by molar-refractivity contribution is 5.92. The van der Waals surface area contributed by atoms with E-state index in [4.69, 9.17) is 14.6 Å². The smallest absolute Gasteiger partial charge is 0.331 e. The fourth-order valence-electron chi connectivity index (χ4n) is 1.64. The number of phenols is 1. The molecule has 6 heteroatoms. The van der Waals surface area contributed by atoms with E-state index in [9.17, 15) is 14.7 Å². The maximum absolute atomic E-state index is 11.5. The number of ether oxygens (including phenoxy) is 2. The van der Waals surface area contributed by atoms with Gasteiger partial charge in [-0.2, -0.15) is 0 Å². The number of hydrogen-bond acceptors (Lipinski definition) is 5. The zero-order valence-electron chi connectivity index (χ0n) is 12.1.